The molecule has 1 aromatic carbocycles. The summed E-state index contributed by atoms with van der Waals surface area (Å²) in [5.74, 6) is 0.188. The highest BCUT2D eigenvalue weighted by Gasteiger charge is 2.38. The van der Waals surface area contributed by atoms with Gasteiger partial charge in [-0.15, -0.1) is 0 Å². The van der Waals surface area contributed by atoms with E-state index >= 15 is 0 Å². The summed E-state index contributed by atoms with van der Waals surface area (Å²) in [6, 6.07) is 4.13. The topological polar surface area (TPSA) is 70.6 Å². The predicted octanol–water partition coefficient (Wildman–Crippen LogP) is 1.29. The molecule has 3 rings (SSSR count). The number of fused-ring (bicyclic) bond motifs is 1. The minimum absolute atomic E-state index is 0.136. The van der Waals surface area contributed by atoms with Crippen LogP contribution in [-0.2, 0) is 17.8 Å². The molecule has 0 unspecified atom stereocenters. The summed E-state index contributed by atoms with van der Waals surface area (Å²) in [4.78, 5) is 11.0. The van der Waals surface area contributed by atoms with Crippen LogP contribution in [0.15, 0.2) is 16.6 Å². The lowest BCUT2D eigenvalue weighted by molar-refractivity contribution is -0.139. The van der Waals surface area contributed by atoms with Crippen LogP contribution in [0.25, 0.3) is 0 Å². The Morgan fingerprint density at radius 3 is 2.95 bits per heavy atom. The summed E-state index contributed by atoms with van der Waals surface area (Å²) in [5.41, 5.74) is 1.97. The van der Waals surface area contributed by atoms with Crippen LogP contribution < -0.4 is 15.4 Å². The van der Waals surface area contributed by atoms with Crippen LogP contribution in [-0.4, -0.2) is 36.3 Å². The molecule has 2 heterocycles. The fourth-order valence-corrected chi connectivity index (χ4v) is 3.34. The maximum absolute atomic E-state index is 11.0. The average Bonchev–Trinajstić information content (AvgIpc) is 2.79. The molecule has 1 saturated heterocycles. The van der Waals surface area contributed by atoms with Crippen LogP contribution in [0.5, 0.6) is 5.75 Å². The fraction of sp³-hybridized carbons (Fsp3) is 0.500. The number of aliphatic carboxylic acids is 1. The minimum atomic E-state index is -0.769. The van der Waals surface area contributed by atoms with Crippen molar-refractivity contribution < 1.29 is 14.6 Å². The first kappa shape index (κ1) is 13.9. The van der Waals surface area contributed by atoms with E-state index in [0.29, 0.717) is 19.6 Å². The standard InChI is InChI=1S/C14H17BrN2O3/c15-11-3-9-1-2-20-13(9)10(4-11)6-17-14(5-12(18)19)7-16-8-14/h3-4,16-17H,1-2,5-8H2,(H,18,19). The number of carbonyl (C=O) groups is 1. The highest BCUT2D eigenvalue weighted by molar-refractivity contribution is 9.10. The van der Waals surface area contributed by atoms with Crippen molar-refractivity contribution in [2.45, 2.75) is 24.9 Å². The molecule has 0 aliphatic carbocycles. The smallest absolute Gasteiger partial charge is 0.305 e. The molecule has 2 aliphatic rings. The number of ether oxygens (including phenoxy) is 1. The van der Waals surface area contributed by atoms with Gasteiger partial charge in [0, 0.05) is 36.1 Å². The van der Waals surface area contributed by atoms with Crippen molar-refractivity contribution in [1.29, 1.82) is 0 Å². The molecule has 6 heteroatoms. The number of hydrogen-bond donors (Lipinski definition) is 3. The van der Waals surface area contributed by atoms with E-state index in [2.05, 4.69) is 32.6 Å². The number of carboxylic acids is 1. The second-order valence-electron chi connectivity index (χ2n) is 5.46. The van der Waals surface area contributed by atoms with Crippen molar-refractivity contribution in [3.63, 3.8) is 0 Å². The molecule has 0 saturated carbocycles. The van der Waals surface area contributed by atoms with Crippen molar-refractivity contribution >= 4 is 21.9 Å². The van der Waals surface area contributed by atoms with E-state index in [-0.39, 0.29) is 12.0 Å². The number of hydrogen-bond acceptors (Lipinski definition) is 4. The number of carboxylic acid groups (broad SMARTS) is 1. The SMILES string of the molecule is O=C(O)CC1(NCc2cc(Br)cc3c2OCC3)CNC1. The van der Waals surface area contributed by atoms with Crippen LogP contribution in [0.4, 0.5) is 0 Å². The number of halogens is 1. The third-order valence-corrected chi connectivity index (χ3v) is 4.35. The molecule has 0 spiro atoms. The van der Waals surface area contributed by atoms with Gasteiger partial charge in [-0.05, 0) is 17.7 Å². The molecule has 20 heavy (non-hydrogen) atoms. The molecule has 0 bridgehead atoms. The molecule has 0 atom stereocenters. The lowest BCUT2D eigenvalue weighted by Gasteiger charge is -2.42. The molecule has 0 radical (unpaired) electrons. The maximum atomic E-state index is 11.0. The summed E-state index contributed by atoms with van der Waals surface area (Å²) < 4.78 is 6.73. The molecule has 108 valence electrons. The molecule has 1 fully saturated rings. The Hall–Kier alpha value is -1.11. The molecule has 5 nitrogen and oxygen atoms in total. The average molecular weight is 341 g/mol. The summed E-state index contributed by atoms with van der Waals surface area (Å²) >= 11 is 3.52. The van der Waals surface area contributed by atoms with Crippen molar-refractivity contribution in [3.8, 4) is 5.75 Å². The van der Waals surface area contributed by atoms with Crippen molar-refractivity contribution in [1.82, 2.24) is 10.6 Å². The number of rotatable bonds is 5. The number of nitrogens with one attached hydrogen (secondary N) is 2. The van der Waals surface area contributed by atoms with Crippen LogP contribution in [0.3, 0.4) is 0 Å². The van der Waals surface area contributed by atoms with Gasteiger partial charge in [-0.3, -0.25) is 4.79 Å². The maximum Gasteiger partial charge on any atom is 0.305 e. The highest BCUT2D eigenvalue weighted by Crippen LogP contribution is 2.33. The molecule has 3 N–H and O–H groups in total. The summed E-state index contributed by atoms with van der Waals surface area (Å²) in [7, 11) is 0. The van der Waals surface area contributed by atoms with Gasteiger partial charge in [-0.1, -0.05) is 15.9 Å². The summed E-state index contributed by atoms with van der Waals surface area (Å²) in [6.07, 6.45) is 1.07. The van der Waals surface area contributed by atoms with Gasteiger partial charge in [-0.25, -0.2) is 0 Å². The van der Waals surface area contributed by atoms with Gasteiger partial charge >= 0.3 is 5.97 Å². The third kappa shape index (κ3) is 2.68. The third-order valence-electron chi connectivity index (χ3n) is 3.90. The second-order valence-corrected chi connectivity index (χ2v) is 6.38. The Labute approximate surface area is 125 Å². The quantitative estimate of drug-likeness (QED) is 0.753. The van der Waals surface area contributed by atoms with Gasteiger partial charge in [0.05, 0.1) is 18.6 Å². The van der Waals surface area contributed by atoms with E-state index in [1.807, 2.05) is 6.07 Å². The number of benzene rings is 1. The lowest BCUT2D eigenvalue weighted by Crippen LogP contribution is -2.68. The monoisotopic (exact) mass is 340 g/mol. The molecule has 0 amide bonds. The Morgan fingerprint density at radius 2 is 2.30 bits per heavy atom. The normalized spacial score (nSPS) is 19.1. The molecular formula is C14H17BrN2O3. The largest absolute Gasteiger partial charge is 0.493 e. The van der Waals surface area contributed by atoms with Gasteiger partial charge in [0.2, 0.25) is 0 Å². The lowest BCUT2D eigenvalue weighted by atomic mass is 9.88. The van der Waals surface area contributed by atoms with Crippen LogP contribution >= 0.6 is 15.9 Å². The predicted molar refractivity (Wildman–Crippen MR) is 78.0 cm³/mol. The van der Waals surface area contributed by atoms with Crippen molar-refractivity contribution in [2.75, 3.05) is 19.7 Å². The zero-order valence-corrected chi connectivity index (χ0v) is 12.6. The van der Waals surface area contributed by atoms with Gasteiger partial charge in [0.15, 0.2) is 0 Å². The van der Waals surface area contributed by atoms with E-state index in [4.69, 9.17) is 9.84 Å². The Balaban J connectivity index is 1.74. The van der Waals surface area contributed by atoms with Gasteiger partial charge in [0.1, 0.15) is 5.75 Å². The Bertz CT molecular complexity index is 543. The van der Waals surface area contributed by atoms with Gasteiger partial charge in [0.25, 0.3) is 0 Å². The molecular weight excluding hydrogens is 324 g/mol. The van der Waals surface area contributed by atoms with Crippen LogP contribution in [0.1, 0.15) is 17.5 Å². The van der Waals surface area contributed by atoms with Gasteiger partial charge < -0.3 is 20.5 Å². The first-order valence-electron chi connectivity index (χ1n) is 6.70. The second kappa shape index (κ2) is 5.35. The van der Waals surface area contributed by atoms with E-state index in [0.717, 1.165) is 28.8 Å². The van der Waals surface area contributed by atoms with E-state index in [1.54, 1.807) is 0 Å². The van der Waals surface area contributed by atoms with Crippen LogP contribution in [0, 0.1) is 0 Å². The molecule has 1 aromatic rings. The van der Waals surface area contributed by atoms with E-state index < -0.39 is 5.97 Å². The Kier molecular flexibility index (Phi) is 3.70. The van der Waals surface area contributed by atoms with Crippen LogP contribution in [0.2, 0.25) is 0 Å². The van der Waals surface area contributed by atoms with Crippen molar-refractivity contribution in [3.05, 3.63) is 27.7 Å². The van der Waals surface area contributed by atoms with E-state index in [9.17, 15) is 4.79 Å². The van der Waals surface area contributed by atoms with Crippen molar-refractivity contribution in [2.24, 2.45) is 0 Å². The first-order chi connectivity index (χ1) is 9.58. The van der Waals surface area contributed by atoms with Gasteiger partial charge in [-0.2, -0.15) is 0 Å². The Morgan fingerprint density at radius 1 is 1.50 bits per heavy atom. The zero-order valence-electron chi connectivity index (χ0n) is 11.0. The molecule has 0 aromatic heterocycles. The highest BCUT2D eigenvalue weighted by atomic mass is 79.9. The first-order valence-corrected chi connectivity index (χ1v) is 7.49. The summed E-state index contributed by atoms with van der Waals surface area (Å²) in [6.45, 7) is 2.73. The minimum Gasteiger partial charge on any atom is -0.493 e. The molecule has 2 aliphatic heterocycles. The fourth-order valence-electron chi connectivity index (χ4n) is 2.79. The summed E-state index contributed by atoms with van der Waals surface area (Å²) in [5, 5.41) is 15.5. The zero-order chi connectivity index (χ0) is 14.2. The van der Waals surface area contributed by atoms with E-state index in [1.165, 1.54) is 5.56 Å².